The minimum atomic E-state index is -0.128. The summed E-state index contributed by atoms with van der Waals surface area (Å²) in [4.78, 5) is 12.2. The van der Waals surface area contributed by atoms with Gasteiger partial charge in [-0.3, -0.25) is 4.79 Å². The molecule has 0 atom stereocenters. The summed E-state index contributed by atoms with van der Waals surface area (Å²) in [5.74, 6) is -0.128. The molecule has 1 amide bonds. The zero-order valence-electron chi connectivity index (χ0n) is 11.3. The van der Waals surface area contributed by atoms with Crippen molar-refractivity contribution in [2.75, 3.05) is 12.3 Å². The van der Waals surface area contributed by atoms with E-state index < -0.39 is 0 Å². The molecule has 1 fully saturated rings. The Morgan fingerprint density at radius 3 is 2.74 bits per heavy atom. The third-order valence-electron chi connectivity index (χ3n) is 4.27. The second-order valence-corrected chi connectivity index (χ2v) is 5.89. The van der Waals surface area contributed by atoms with Gasteiger partial charge in [0.25, 0.3) is 5.91 Å². The third-order valence-corrected chi connectivity index (χ3v) is 4.60. The van der Waals surface area contributed by atoms with Crippen molar-refractivity contribution in [1.82, 2.24) is 5.32 Å². The maximum absolute atomic E-state index is 12.2. The minimum absolute atomic E-state index is 0.128. The van der Waals surface area contributed by atoms with E-state index in [1.54, 1.807) is 18.2 Å². The van der Waals surface area contributed by atoms with E-state index in [4.69, 9.17) is 17.3 Å². The van der Waals surface area contributed by atoms with Crippen LogP contribution in [0.4, 0.5) is 5.69 Å². The van der Waals surface area contributed by atoms with Gasteiger partial charge < -0.3 is 11.1 Å². The van der Waals surface area contributed by atoms with Crippen molar-refractivity contribution in [2.45, 2.75) is 39.0 Å². The average molecular weight is 281 g/mol. The number of rotatable bonds is 4. The molecule has 0 aliphatic heterocycles. The predicted octanol–water partition coefficient (Wildman–Crippen LogP) is 3.62. The van der Waals surface area contributed by atoms with Gasteiger partial charge in [-0.2, -0.15) is 0 Å². The topological polar surface area (TPSA) is 55.1 Å². The van der Waals surface area contributed by atoms with Gasteiger partial charge in [0, 0.05) is 12.2 Å². The molecule has 4 heteroatoms. The number of hydrogen-bond acceptors (Lipinski definition) is 2. The van der Waals surface area contributed by atoms with E-state index in [1.807, 2.05) is 0 Å². The lowest BCUT2D eigenvalue weighted by Crippen LogP contribution is -2.35. The van der Waals surface area contributed by atoms with Gasteiger partial charge >= 0.3 is 0 Å². The largest absolute Gasteiger partial charge is 0.399 e. The number of hydrogen-bond donors (Lipinski definition) is 2. The second-order valence-electron chi connectivity index (χ2n) is 5.48. The highest BCUT2D eigenvalue weighted by Crippen LogP contribution is 2.40. The molecule has 19 heavy (non-hydrogen) atoms. The van der Waals surface area contributed by atoms with Crippen LogP contribution in [-0.2, 0) is 0 Å². The zero-order valence-corrected chi connectivity index (χ0v) is 12.1. The lowest BCUT2D eigenvalue weighted by molar-refractivity contribution is 0.0929. The van der Waals surface area contributed by atoms with Crippen molar-refractivity contribution in [3.05, 3.63) is 28.8 Å². The normalized spacial score (nSPS) is 17.4. The first-order chi connectivity index (χ1) is 9.06. The van der Waals surface area contributed by atoms with Gasteiger partial charge in [0.2, 0.25) is 0 Å². The van der Waals surface area contributed by atoms with E-state index >= 15 is 0 Å². The summed E-state index contributed by atoms with van der Waals surface area (Å²) in [6, 6.07) is 4.99. The van der Waals surface area contributed by atoms with Crippen LogP contribution < -0.4 is 11.1 Å². The molecule has 3 N–H and O–H groups in total. The highest BCUT2D eigenvalue weighted by molar-refractivity contribution is 6.34. The highest BCUT2D eigenvalue weighted by atomic mass is 35.5. The Morgan fingerprint density at radius 1 is 1.42 bits per heavy atom. The monoisotopic (exact) mass is 280 g/mol. The van der Waals surface area contributed by atoms with Gasteiger partial charge in [-0.25, -0.2) is 0 Å². The summed E-state index contributed by atoms with van der Waals surface area (Å²) in [6.45, 7) is 2.93. The molecule has 104 valence electrons. The summed E-state index contributed by atoms with van der Waals surface area (Å²) in [5.41, 5.74) is 7.00. The number of carbonyl (C=O) groups is 1. The Balaban J connectivity index is 2.03. The molecule has 1 aromatic rings. The van der Waals surface area contributed by atoms with E-state index in [0.717, 1.165) is 13.0 Å². The Hall–Kier alpha value is -1.22. The molecule has 0 saturated heterocycles. The van der Waals surface area contributed by atoms with Crippen LogP contribution in [0.15, 0.2) is 18.2 Å². The van der Waals surface area contributed by atoms with Crippen LogP contribution in [0.2, 0.25) is 5.02 Å². The molecule has 0 aromatic heterocycles. The van der Waals surface area contributed by atoms with Gasteiger partial charge in [-0.15, -0.1) is 0 Å². The molecule has 1 aromatic carbocycles. The van der Waals surface area contributed by atoms with Gasteiger partial charge in [-0.05, 0) is 42.9 Å². The fourth-order valence-corrected chi connectivity index (χ4v) is 3.06. The van der Waals surface area contributed by atoms with Crippen molar-refractivity contribution in [2.24, 2.45) is 5.41 Å². The van der Waals surface area contributed by atoms with Crippen molar-refractivity contribution in [3.8, 4) is 0 Å². The fourth-order valence-electron chi connectivity index (χ4n) is 2.86. The average Bonchev–Trinajstić information content (AvgIpc) is 2.88. The third kappa shape index (κ3) is 3.21. The van der Waals surface area contributed by atoms with E-state index in [1.165, 1.54) is 25.7 Å². The standard InChI is InChI=1S/C15H21ClN2O/c1-2-15(7-3-4-8-15)10-18-14(19)12-9-11(17)5-6-13(12)16/h5-6,9H,2-4,7-8,10,17H2,1H3,(H,18,19). The molecule has 3 nitrogen and oxygen atoms in total. The van der Waals surface area contributed by atoms with E-state index in [2.05, 4.69) is 12.2 Å². The number of anilines is 1. The van der Waals surface area contributed by atoms with Crippen molar-refractivity contribution < 1.29 is 4.79 Å². The Kier molecular flexibility index (Phi) is 4.35. The molecular weight excluding hydrogens is 260 g/mol. The van der Waals surface area contributed by atoms with Crippen LogP contribution in [0.1, 0.15) is 49.4 Å². The first-order valence-electron chi connectivity index (χ1n) is 6.89. The highest BCUT2D eigenvalue weighted by Gasteiger charge is 2.32. The van der Waals surface area contributed by atoms with Crippen molar-refractivity contribution in [1.29, 1.82) is 0 Å². The first kappa shape index (κ1) is 14.2. The SMILES string of the molecule is CCC1(CNC(=O)c2cc(N)ccc2Cl)CCCC1. The molecule has 0 spiro atoms. The number of benzene rings is 1. The second kappa shape index (κ2) is 5.83. The quantitative estimate of drug-likeness (QED) is 0.828. The Morgan fingerprint density at radius 2 is 2.11 bits per heavy atom. The first-order valence-corrected chi connectivity index (χ1v) is 7.27. The molecule has 0 bridgehead atoms. The maximum atomic E-state index is 12.2. The van der Waals surface area contributed by atoms with Gasteiger partial charge in [0.1, 0.15) is 0 Å². The van der Waals surface area contributed by atoms with Crippen LogP contribution in [0.5, 0.6) is 0 Å². The molecule has 1 aliphatic rings. The van der Waals surface area contributed by atoms with Gasteiger partial charge in [0.15, 0.2) is 0 Å². The van der Waals surface area contributed by atoms with Crippen LogP contribution in [-0.4, -0.2) is 12.5 Å². The predicted molar refractivity (Wildman–Crippen MR) is 79.4 cm³/mol. The zero-order chi connectivity index (χ0) is 13.9. The number of nitrogen functional groups attached to an aromatic ring is 1. The summed E-state index contributed by atoms with van der Waals surface area (Å²) in [5, 5.41) is 3.47. The number of carbonyl (C=O) groups excluding carboxylic acids is 1. The van der Waals surface area contributed by atoms with Crippen LogP contribution >= 0.6 is 11.6 Å². The molecule has 0 heterocycles. The summed E-state index contributed by atoms with van der Waals surface area (Å²) >= 11 is 6.04. The minimum Gasteiger partial charge on any atom is -0.399 e. The summed E-state index contributed by atoms with van der Waals surface area (Å²) in [6.07, 6.45) is 6.05. The number of halogens is 1. The van der Waals surface area contributed by atoms with Crippen LogP contribution in [0, 0.1) is 5.41 Å². The number of nitrogens with one attached hydrogen (secondary N) is 1. The molecule has 0 radical (unpaired) electrons. The van der Waals surface area contributed by atoms with Crippen molar-refractivity contribution >= 4 is 23.2 Å². The summed E-state index contributed by atoms with van der Waals surface area (Å²) in [7, 11) is 0. The molecule has 2 rings (SSSR count). The van der Waals surface area contributed by atoms with Crippen LogP contribution in [0.3, 0.4) is 0 Å². The van der Waals surface area contributed by atoms with Crippen LogP contribution in [0.25, 0.3) is 0 Å². The van der Waals surface area contributed by atoms with Crippen molar-refractivity contribution in [3.63, 3.8) is 0 Å². The molecule has 1 saturated carbocycles. The number of amides is 1. The van der Waals surface area contributed by atoms with E-state index in [-0.39, 0.29) is 11.3 Å². The summed E-state index contributed by atoms with van der Waals surface area (Å²) < 4.78 is 0. The van der Waals surface area contributed by atoms with E-state index in [0.29, 0.717) is 16.3 Å². The Labute approximate surface area is 119 Å². The fraction of sp³-hybridized carbons (Fsp3) is 0.533. The van der Waals surface area contributed by atoms with E-state index in [9.17, 15) is 4.79 Å². The van der Waals surface area contributed by atoms with Gasteiger partial charge in [-0.1, -0.05) is 31.4 Å². The lowest BCUT2D eigenvalue weighted by atomic mass is 9.83. The molecule has 1 aliphatic carbocycles. The smallest absolute Gasteiger partial charge is 0.252 e. The lowest BCUT2D eigenvalue weighted by Gasteiger charge is -2.27. The Bertz CT molecular complexity index is 467. The number of nitrogens with two attached hydrogens (primary N) is 1. The van der Waals surface area contributed by atoms with Gasteiger partial charge in [0.05, 0.1) is 10.6 Å². The molecule has 0 unspecified atom stereocenters. The maximum Gasteiger partial charge on any atom is 0.252 e. The molecular formula is C15H21ClN2O.